The Balaban J connectivity index is 1.61. The maximum atomic E-state index is 11.1. The topological polar surface area (TPSA) is 42.0 Å². The van der Waals surface area contributed by atoms with E-state index in [4.69, 9.17) is 4.74 Å². The molecule has 0 aromatic rings. The van der Waals surface area contributed by atoms with Gasteiger partial charge in [-0.2, -0.15) is 0 Å². The number of methoxy groups -OCH3 is 1. The van der Waals surface area contributed by atoms with Crippen LogP contribution in [0.15, 0.2) is 0 Å². The van der Waals surface area contributed by atoms with Crippen LogP contribution in [0.4, 0.5) is 0 Å². The molecule has 19 heavy (non-hydrogen) atoms. The van der Waals surface area contributed by atoms with Crippen molar-refractivity contribution in [2.24, 2.45) is 0 Å². The predicted octanol–water partition coefficient (Wildman–Crippen LogP) is 0.735. The van der Waals surface area contributed by atoms with Crippen molar-refractivity contribution in [3.63, 3.8) is 0 Å². The van der Waals surface area contributed by atoms with Gasteiger partial charge in [0.05, 0.1) is 25.7 Å². The lowest BCUT2D eigenvalue weighted by Crippen LogP contribution is -2.48. The van der Waals surface area contributed by atoms with E-state index in [0.717, 1.165) is 39.3 Å². The van der Waals surface area contributed by atoms with Crippen molar-refractivity contribution in [3.05, 3.63) is 0 Å². The molecule has 5 nitrogen and oxygen atoms in total. The fourth-order valence-corrected chi connectivity index (χ4v) is 2.85. The van der Waals surface area contributed by atoms with Crippen molar-refractivity contribution < 1.29 is 14.3 Å². The van der Waals surface area contributed by atoms with Crippen molar-refractivity contribution in [1.82, 2.24) is 9.80 Å². The van der Waals surface area contributed by atoms with E-state index in [-0.39, 0.29) is 5.97 Å². The lowest BCUT2D eigenvalue weighted by molar-refractivity contribution is -0.141. The summed E-state index contributed by atoms with van der Waals surface area (Å²) in [4.78, 5) is 15.9. The van der Waals surface area contributed by atoms with Crippen LogP contribution in [0, 0.1) is 0 Å². The number of nitrogens with zero attached hydrogens (tertiary/aromatic N) is 2. The van der Waals surface area contributed by atoms with E-state index in [9.17, 15) is 4.79 Å². The van der Waals surface area contributed by atoms with E-state index in [0.29, 0.717) is 18.6 Å². The van der Waals surface area contributed by atoms with Gasteiger partial charge in [-0.1, -0.05) is 0 Å². The molecule has 2 aliphatic heterocycles. The Hall–Kier alpha value is -0.650. The van der Waals surface area contributed by atoms with Crippen LogP contribution in [0.5, 0.6) is 0 Å². The summed E-state index contributed by atoms with van der Waals surface area (Å²) in [5, 5.41) is 0. The second kappa shape index (κ2) is 7.22. The number of carbonyl (C=O) groups excluding carboxylic acids is 1. The monoisotopic (exact) mass is 270 g/mol. The maximum Gasteiger partial charge on any atom is 0.306 e. The second-order valence-electron chi connectivity index (χ2n) is 5.61. The number of esters is 1. The molecule has 2 atom stereocenters. The van der Waals surface area contributed by atoms with E-state index < -0.39 is 0 Å². The molecule has 0 bridgehead atoms. The average Bonchev–Trinajstić information content (AvgIpc) is 2.83. The van der Waals surface area contributed by atoms with E-state index in [1.54, 1.807) is 0 Å². The van der Waals surface area contributed by atoms with E-state index in [2.05, 4.69) is 21.5 Å². The second-order valence-corrected chi connectivity index (χ2v) is 5.61. The summed E-state index contributed by atoms with van der Waals surface area (Å²) in [5.41, 5.74) is 0. The van der Waals surface area contributed by atoms with Crippen LogP contribution in [-0.4, -0.2) is 74.4 Å². The molecule has 0 saturated carbocycles. The molecule has 0 N–H and O–H groups in total. The first-order chi connectivity index (χ1) is 9.17. The maximum absolute atomic E-state index is 11.1. The lowest BCUT2D eigenvalue weighted by Gasteiger charge is -2.35. The molecule has 0 spiro atoms. The van der Waals surface area contributed by atoms with Gasteiger partial charge in [-0.05, 0) is 19.8 Å². The van der Waals surface area contributed by atoms with E-state index in [1.165, 1.54) is 20.0 Å². The van der Waals surface area contributed by atoms with Crippen LogP contribution in [0.1, 0.15) is 26.2 Å². The van der Waals surface area contributed by atoms with Gasteiger partial charge in [0.25, 0.3) is 0 Å². The highest BCUT2D eigenvalue weighted by Crippen LogP contribution is 2.20. The van der Waals surface area contributed by atoms with Crippen LogP contribution in [-0.2, 0) is 14.3 Å². The van der Waals surface area contributed by atoms with Crippen LogP contribution in [0.2, 0.25) is 0 Å². The average molecular weight is 270 g/mol. The first-order valence-electron chi connectivity index (χ1n) is 7.34. The van der Waals surface area contributed by atoms with Crippen molar-refractivity contribution in [2.45, 2.75) is 38.4 Å². The number of hydrogen-bond acceptors (Lipinski definition) is 5. The van der Waals surface area contributed by atoms with Crippen molar-refractivity contribution >= 4 is 5.97 Å². The van der Waals surface area contributed by atoms with Gasteiger partial charge in [-0.25, -0.2) is 0 Å². The molecule has 2 fully saturated rings. The molecule has 0 aromatic heterocycles. The highest BCUT2D eigenvalue weighted by Gasteiger charge is 2.25. The number of piperazine rings is 1. The Morgan fingerprint density at radius 2 is 1.89 bits per heavy atom. The van der Waals surface area contributed by atoms with Gasteiger partial charge >= 0.3 is 5.97 Å². The zero-order valence-corrected chi connectivity index (χ0v) is 12.1. The van der Waals surface area contributed by atoms with Crippen molar-refractivity contribution in [1.29, 1.82) is 0 Å². The molecular formula is C14H26N2O3. The van der Waals surface area contributed by atoms with Gasteiger partial charge in [0.15, 0.2) is 0 Å². The van der Waals surface area contributed by atoms with Crippen molar-refractivity contribution in [3.8, 4) is 0 Å². The summed E-state index contributed by atoms with van der Waals surface area (Å²) in [7, 11) is 1.45. The number of rotatable bonds is 5. The normalized spacial score (nSPS) is 29.6. The van der Waals surface area contributed by atoms with Gasteiger partial charge < -0.3 is 14.4 Å². The molecule has 2 unspecified atom stereocenters. The van der Waals surface area contributed by atoms with Crippen molar-refractivity contribution in [2.75, 3.05) is 46.4 Å². The highest BCUT2D eigenvalue weighted by molar-refractivity contribution is 5.69. The number of ether oxygens (including phenoxy) is 2. The molecule has 2 aliphatic rings. The summed E-state index contributed by atoms with van der Waals surface area (Å²) < 4.78 is 10.5. The molecule has 2 saturated heterocycles. The third-order valence-corrected chi connectivity index (χ3v) is 4.11. The zero-order valence-electron chi connectivity index (χ0n) is 12.1. The molecular weight excluding hydrogens is 244 g/mol. The van der Waals surface area contributed by atoms with Gasteiger partial charge in [-0.15, -0.1) is 0 Å². The minimum Gasteiger partial charge on any atom is -0.469 e. The smallest absolute Gasteiger partial charge is 0.306 e. The Labute approximate surface area is 115 Å². The fraction of sp³-hybridized carbons (Fsp3) is 0.929. The standard InChI is InChI=1S/C14H26N2O3/c1-12-3-4-13(19-12)11-16-9-7-15(8-10-16)6-5-14(17)18-2/h12-13H,3-11H2,1-2H3. The third-order valence-electron chi connectivity index (χ3n) is 4.11. The summed E-state index contributed by atoms with van der Waals surface area (Å²) in [6.45, 7) is 8.28. The Kier molecular flexibility index (Phi) is 5.60. The fourth-order valence-electron chi connectivity index (χ4n) is 2.85. The van der Waals surface area contributed by atoms with E-state index >= 15 is 0 Å². The number of carbonyl (C=O) groups is 1. The molecule has 0 radical (unpaired) electrons. The molecule has 0 amide bonds. The summed E-state index contributed by atoms with van der Waals surface area (Å²) >= 11 is 0. The quantitative estimate of drug-likeness (QED) is 0.689. The van der Waals surface area contributed by atoms with Gasteiger partial charge in [0.1, 0.15) is 0 Å². The molecule has 0 aromatic carbocycles. The molecule has 0 aliphatic carbocycles. The van der Waals surface area contributed by atoms with Crippen LogP contribution < -0.4 is 0 Å². The van der Waals surface area contributed by atoms with Crippen LogP contribution in [0.25, 0.3) is 0 Å². The Morgan fingerprint density at radius 3 is 2.47 bits per heavy atom. The van der Waals surface area contributed by atoms with E-state index in [1.807, 2.05) is 0 Å². The zero-order chi connectivity index (χ0) is 13.7. The van der Waals surface area contributed by atoms with Gasteiger partial charge in [0, 0.05) is 39.3 Å². The summed E-state index contributed by atoms with van der Waals surface area (Å²) in [5.74, 6) is -0.115. The van der Waals surface area contributed by atoms with Crippen LogP contribution in [0.3, 0.4) is 0 Å². The minimum atomic E-state index is -0.115. The highest BCUT2D eigenvalue weighted by atomic mass is 16.5. The summed E-state index contributed by atoms with van der Waals surface area (Å²) in [6, 6.07) is 0. The lowest BCUT2D eigenvalue weighted by atomic mass is 10.2. The third kappa shape index (κ3) is 4.75. The Morgan fingerprint density at radius 1 is 1.21 bits per heavy atom. The number of hydrogen-bond donors (Lipinski definition) is 0. The summed E-state index contributed by atoms with van der Waals surface area (Å²) in [6.07, 6.45) is 3.76. The molecule has 2 rings (SSSR count). The molecule has 2 heterocycles. The Bertz CT molecular complexity index is 290. The SMILES string of the molecule is COC(=O)CCN1CCN(CC2CCC(C)O2)CC1. The van der Waals surface area contributed by atoms with Gasteiger partial charge in [-0.3, -0.25) is 9.69 Å². The van der Waals surface area contributed by atoms with Crippen LogP contribution >= 0.6 is 0 Å². The predicted molar refractivity (Wildman–Crippen MR) is 73.1 cm³/mol. The van der Waals surface area contributed by atoms with Gasteiger partial charge in [0.2, 0.25) is 0 Å². The molecule has 110 valence electrons. The molecule has 5 heteroatoms. The first kappa shape index (κ1) is 14.8. The minimum absolute atomic E-state index is 0.115. The largest absolute Gasteiger partial charge is 0.469 e. The first-order valence-corrected chi connectivity index (χ1v) is 7.34.